The molecule has 3 rings (SSSR count). The zero-order valence-electron chi connectivity index (χ0n) is 19.2. The molecule has 6 N–H and O–H groups in total. The van der Waals surface area contributed by atoms with Crippen molar-refractivity contribution in [3.63, 3.8) is 0 Å². The van der Waals surface area contributed by atoms with Crippen LogP contribution in [0.3, 0.4) is 0 Å². The Kier molecular flexibility index (Phi) is 9.40. The van der Waals surface area contributed by atoms with E-state index in [4.69, 9.17) is 14.6 Å². The molecule has 0 radical (unpaired) electrons. The standard InChI is InChI=1S/C19H23N3O14P2/c23-13-6-8-22(18(27)21-13)17-16(35-19(28)20-11-4-2-1-3-5-11)15(26)12(34-17)10-33-38(31,32)36-37(29,30)9-7-14(24)25/h1-6,8,12,15-17,26H,7,9-10H2,(H,20,28)(H,24,25)(H,29,30)(H,31,32)(H,21,23,27)/t12-,15-,16-,17-/m1/s1. The lowest BCUT2D eigenvalue weighted by atomic mass is 10.1. The van der Waals surface area contributed by atoms with Gasteiger partial charge in [-0.05, 0) is 12.1 Å². The lowest BCUT2D eigenvalue weighted by Gasteiger charge is -2.22. The third-order valence-corrected chi connectivity index (χ3v) is 8.05. The van der Waals surface area contributed by atoms with Crippen LogP contribution in [0.1, 0.15) is 12.6 Å². The number of aromatic amines is 1. The maximum atomic E-state index is 12.4. The fourth-order valence-corrected chi connectivity index (χ4v) is 5.87. The average Bonchev–Trinajstić information content (AvgIpc) is 3.11. The number of carboxylic acid groups (broad SMARTS) is 1. The number of aromatic nitrogens is 2. The largest absolute Gasteiger partial charge is 0.481 e. The minimum Gasteiger partial charge on any atom is -0.481 e. The predicted octanol–water partition coefficient (Wildman–Crippen LogP) is 0.206. The number of benzene rings is 1. The van der Waals surface area contributed by atoms with Crippen LogP contribution < -0.4 is 16.6 Å². The summed E-state index contributed by atoms with van der Waals surface area (Å²) in [6.07, 6.45) is -8.40. The van der Waals surface area contributed by atoms with Crippen molar-refractivity contribution in [2.24, 2.45) is 0 Å². The van der Waals surface area contributed by atoms with Crippen LogP contribution >= 0.6 is 15.4 Å². The number of amides is 1. The Labute approximate surface area is 212 Å². The van der Waals surface area contributed by atoms with Gasteiger partial charge in [0.1, 0.15) is 12.2 Å². The molecule has 19 heteroatoms. The second-order valence-corrected chi connectivity index (χ2v) is 11.4. The summed E-state index contributed by atoms with van der Waals surface area (Å²) in [5.74, 6) is -1.45. The molecular weight excluding hydrogens is 556 g/mol. The van der Waals surface area contributed by atoms with E-state index in [-0.39, 0.29) is 0 Å². The average molecular weight is 579 g/mol. The SMILES string of the molecule is O=C(O)CCP(=O)(O)OP(=O)(O)OC[C@H]1O[C@@H](n2ccc(=O)[nH]c2=O)[C@H](OC(=O)Nc2ccccc2)[C@@H]1O. The first kappa shape index (κ1) is 29.4. The zero-order chi connectivity index (χ0) is 28.1. The van der Waals surface area contributed by atoms with Crippen molar-refractivity contribution < 1.29 is 57.0 Å². The number of nitrogens with zero attached hydrogens (tertiary/aromatic N) is 1. The van der Waals surface area contributed by atoms with E-state index in [2.05, 4.69) is 14.2 Å². The molecule has 38 heavy (non-hydrogen) atoms. The van der Waals surface area contributed by atoms with Crippen LogP contribution in [0.5, 0.6) is 0 Å². The summed E-state index contributed by atoms with van der Waals surface area (Å²) < 4.78 is 44.4. The van der Waals surface area contributed by atoms with Crippen molar-refractivity contribution in [2.75, 3.05) is 18.1 Å². The molecule has 208 valence electrons. The molecule has 0 spiro atoms. The minimum atomic E-state index is -5.29. The number of nitrogens with one attached hydrogen (secondary N) is 2. The molecule has 17 nitrogen and oxygen atoms in total. The van der Waals surface area contributed by atoms with Gasteiger partial charge < -0.3 is 29.5 Å². The number of phosphoric acid groups is 1. The molecule has 1 aromatic heterocycles. The number of aliphatic hydroxyl groups is 1. The van der Waals surface area contributed by atoms with Gasteiger partial charge >= 0.3 is 33.2 Å². The van der Waals surface area contributed by atoms with Gasteiger partial charge in [-0.25, -0.2) is 18.5 Å². The van der Waals surface area contributed by atoms with Crippen LogP contribution in [0.4, 0.5) is 10.5 Å². The first-order chi connectivity index (χ1) is 17.8. The van der Waals surface area contributed by atoms with Gasteiger partial charge in [-0.2, -0.15) is 0 Å². The third-order valence-electron chi connectivity index (χ3n) is 4.94. The Morgan fingerprint density at radius 1 is 1.13 bits per heavy atom. The number of carbonyl (C=O) groups excluding carboxylic acids is 1. The Morgan fingerprint density at radius 3 is 2.45 bits per heavy atom. The molecular formula is C19H23N3O14P2. The summed E-state index contributed by atoms with van der Waals surface area (Å²) in [4.78, 5) is 68.1. The van der Waals surface area contributed by atoms with Gasteiger partial charge in [-0.15, -0.1) is 0 Å². The van der Waals surface area contributed by atoms with Crippen LogP contribution in [-0.2, 0) is 32.2 Å². The third kappa shape index (κ3) is 8.18. The fraction of sp³-hybridized carbons (Fsp3) is 0.368. The van der Waals surface area contributed by atoms with E-state index in [0.29, 0.717) is 5.69 Å². The summed E-state index contributed by atoms with van der Waals surface area (Å²) in [6, 6.07) is 8.98. The molecule has 0 aliphatic carbocycles. The van der Waals surface area contributed by atoms with E-state index in [1.165, 1.54) is 0 Å². The number of para-hydroxylation sites is 1. The molecule has 0 saturated carbocycles. The number of phosphoric ester groups is 1. The first-order valence-corrected chi connectivity index (χ1v) is 13.9. The van der Waals surface area contributed by atoms with Crippen LogP contribution in [0.15, 0.2) is 52.2 Å². The van der Waals surface area contributed by atoms with Crippen molar-refractivity contribution in [1.29, 1.82) is 0 Å². The lowest BCUT2D eigenvalue weighted by Crippen LogP contribution is -2.41. The Bertz CT molecular complexity index is 1360. The highest BCUT2D eigenvalue weighted by atomic mass is 31.3. The number of anilines is 1. The van der Waals surface area contributed by atoms with Crippen molar-refractivity contribution in [1.82, 2.24) is 9.55 Å². The summed E-state index contributed by atoms with van der Waals surface area (Å²) >= 11 is 0. The van der Waals surface area contributed by atoms with E-state index in [1.807, 2.05) is 4.98 Å². The van der Waals surface area contributed by atoms with Crippen molar-refractivity contribution in [2.45, 2.75) is 31.0 Å². The van der Waals surface area contributed by atoms with Gasteiger partial charge in [0, 0.05) is 18.0 Å². The van der Waals surface area contributed by atoms with Crippen LogP contribution in [0, 0.1) is 0 Å². The quantitative estimate of drug-likeness (QED) is 0.195. The summed E-state index contributed by atoms with van der Waals surface area (Å²) in [5.41, 5.74) is -1.42. The van der Waals surface area contributed by atoms with Crippen LogP contribution in [0.2, 0.25) is 0 Å². The maximum absolute atomic E-state index is 12.4. The second kappa shape index (κ2) is 12.1. The van der Waals surface area contributed by atoms with Crippen molar-refractivity contribution in [3.05, 3.63) is 63.4 Å². The molecule has 0 bridgehead atoms. The van der Waals surface area contributed by atoms with E-state index in [1.54, 1.807) is 30.3 Å². The van der Waals surface area contributed by atoms with Crippen molar-refractivity contribution in [3.8, 4) is 0 Å². The van der Waals surface area contributed by atoms with E-state index in [9.17, 15) is 43.2 Å². The van der Waals surface area contributed by atoms with Crippen molar-refractivity contribution >= 4 is 33.2 Å². The van der Waals surface area contributed by atoms with Gasteiger partial charge in [-0.1, -0.05) is 18.2 Å². The second-order valence-electron chi connectivity index (χ2n) is 7.78. The molecule has 1 saturated heterocycles. The van der Waals surface area contributed by atoms with Gasteiger partial charge in [0.25, 0.3) is 5.56 Å². The summed E-state index contributed by atoms with van der Waals surface area (Å²) in [7, 11) is -10.1. The normalized spacial score (nSPS) is 24.2. The number of aliphatic hydroxyl groups excluding tert-OH is 1. The molecule has 1 fully saturated rings. The Hall–Kier alpha value is -3.14. The number of hydrogen-bond acceptors (Lipinski definition) is 11. The van der Waals surface area contributed by atoms with Gasteiger partial charge in [-0.3, -0.25) is 33.5 Å². The summed E-state index contributed by atoms with van der Waals surface area (Å²) in [6.45, 7) is -0.970. The number of rotatable bonds is 11. The van der Waals surface area contributed by atoms with E-state index < -0.39 is 82.5 Å². The molecule has 6 atom stereocenters. The highest BCUT2D eigenvalue weighted by molar-refractivity contribution is 7.64. The topological polar surface area (TPSA) is 253 Å². The molecule has 1 amide bonds. The highest BCUT2D eigenvalue weighted by Crippen LogP contribution is 2.60. The van der Waals surface area contributed by atoms with Gasteiger partial charge in [0.2, 0.25) is 0 Å². The number of ether oxygens (including phenoxy) is 2. The fourth-order valence-electron chi connectivity index (χ4n) is 3.26. The first-order valence-electron chi connectivity index (χ1n) is 10.7. The van der Waals surface area contributed by atoms with Gasteiger partial charge in [0.05, 0.1) is 19.2 Å². The molecule has 1 aromatic carbocycles. The smallest absolute Gasteiger partial charge is 0.479 e. The van der Waals surface area contributed by atoms with Gasteiger partial charge in [0.15, 0.2) is 12.3 Å². The summed E-state index contributed by atoms with van der Waals surface area (Å²) in [5, 5.41) is 21.7. The molecule has 2 unspecified atom stereocenters. The number of aliphatic carboxylic acids is 1. The number of H-pyrrole nitrogens is 1. The molecule has 2 aromatic rings. The monoisotopic (exact) mass is 579 g/mol. The van der Waals surface area contributed by atoms with E-state index >= 15 is 0 Å². The van der Waals surface area contributed by atoms with Crippen LogP contribution in [0.25, 0.3) is 0 Å². The van der Waals surface area contributed by atoms with E-state index in [0.717, 1.165) is 16.8 Å². The molecule has 2 heterocycles. The maximum Gasteiger partial charge on any atom is 0.479 e. The number of carbonyl (C=O) groups is 2. The Morgan fingerprint density at radius 2 is 1.82 bits per heavy atom. The highest BCUT2D eigenvalue weighted by Gasteiger charge is 2.49. The van der Waals surface area contributed by atoms with Crippen LogP contribution in [-0.4, -0.2) is 72.7 Å². The molecule has 1 aliphatic rings. The lowest BCUT2D eigenvalue weighted by molar-refractivity contribution is -0.136. The predicted molar refractivity (Wildman–Crippen MR) is 125 cm³/mol. The number of carboxylic acids is 1. The zero-order valence-corrected chi connectivity index (χ0v) is 21.0. The number of hydrogen-bond donors (Lipinski definition) is 6. The minimum absolute atomic E-state index is 0.332. The molecule has 1 aliphatic heterocycles. The Balaban J connectivity index is 1.75.